The lowest BCUT2D eigenvalue weighted by Crippen LogP contribution is -2.14. The largest absolute Gasteiger partial charge is 0.495 e. The minimum Gasteiger partial charge on any atom is -0.495 e. The van der Waals surface area contributed by atoms with Gasteiger partial charge in [0.15, 0.2) is 0 Å². The molecular formula is C14H22N2O3S. The molecule has 0 spiro atoms. The van der Waals surface area contributed by atoms with Gasteiger partial charge in [-0.3, -0.25) is 9.00 Å². The Bertz CT molecular complexity index is 477. The molecule has 1 rings (SSSR count). The highest BCUT2D eigenvalue weighted by Gasteiger charge is 2.08. The summed E-state index contributed by atoms with van der Waals surface area (Å²) in [6, 6.07) is 5.08. The number of rotatable bonds is 8. The Morgan fingerprint density at radius 1 is 1.40 bits per heavy atom. The van der Waals surface area contributed by atoms with Crippen LogP contribution < -0.4 is 15.8 Å². The molecular weight excluding hydrogens is 276 g/mol. The molecule has 6 heteroatoms. The predicted molar refractivity (Wildman–Crippen MR) is 83.4 cm³/mol. The summed E-state index contributed by atoms with van der Waals surface area (Å²) in [6.07, 6.45) is 1.86. The van der Waals surface area contributed by atoms with Crippen LogP contribution in [-0.4, -0.2) is 28.7 Å². The molecule has 1 unspecified atom stereocenters. The topological polar surface area (TPSA) is 81.4 Å². The molecule has 0 bridgehead atoms. The fourth-order valence-corrected chi connectivity index (χ4v) is 2.89. The maximum atomic E-state index is 11.8. The van der Waals surface area contributed by atoms with Gasteiger partial charge >= 0.3 is 0 Å². The van der Waals surface area contributed by atoms with E-state index in [1.807, 2.05) is 6.92 Å². The number of nitrogens with two attached hydrogens (primary N) is 1. The molecule has 0 aliphatic rings. The van der Waals surface area contributed by atoms with Gasteiger partial charge < -0.3 is 15.8 Å². The van der Waals surface area contributed by atoms with Gasteiger partial charge in [-0.15, -0.1) is 0 Å². The predicted octanol–water partition coefficient (Wildman–Crippen LogP) is 2.15. The van der Waals surface area contributed by atoms with Crippen molar-refractivity contribution in [3.8, 4) is 5.75 Å². The van der Waals surface area contributed by atoms with Crippen molar-refractivity contribution in [2.75, 3.05) is 29.7 Å². The Kier molecular flexibility index (Phi) is 7.08. The zero-order chi connectivity index (χ0) is 15.0. The van der Waals surface area contributed by atoms with E-state index in [-0.39, 0.29) is 5.91 Å². The van der Waals surface area contributed by atoms with Crippen molar-refractivity contribution in [3.05, 3.63) is 18.2 Å². The molecule has 0 aliphatic heterocycles. The number of anilines is 2. The van der Waals surface area contributed by atoms with Crippen LogP contribution in [0.5, 0.6) is 5.75 Å². The van der Waals surface area contributed by atoms with E-state index in [4.69, 9.17) is 10.5 Å². The van der Waals surface area contributed by atoms with Crippen LogP contribution in [0, 0.1) is 0 Å². The highest BCUT2D eigenvalue weighted by Crippen LogP contribution is 2.26. The first-order valence-corrected chi connectivity index (χ1v) is 8.14. The summed E-state index contributed by atoms with van der Waals surface area (Å²) in [7, 11) is 0.719. The van der Waals surface area contributed by atoms with Gasteiger partial charge in [-0.25, -0.2) is 0 Å². The fraction of sp³-hybridized carbons (Fsp3) is 0.500. The van der Waals surface area contributed by atoms with Crippen molar-refractivity contribution in [2.24, 2.45) is 0 Å². The molecule has 1 aromatic rings. The van der Waals surface area contributed by atoms with Gasteiger partial charge in [-0.2, -0.15) is 0 Å². The Morgan fingerprint density at radius 2 is 2.15 bits per heavy atom. The monoisotopic (exact) mass is 298 g/mol. The summed E-state index contributed by atoms with van der Waals surface area (Å²) >= 11 is 0. The normalized spacial score (nSPS) is 11.9. The Balaban J connectivity index is 2.46. The van der Waals surface area contributed by atoms with E-state index >= 15 is 0 Å². The summed E-state index contributed by atoms with van der Waals surface area (Å²) in [5.41, 5.74) is 6.81. The third-order valence-corrected chi connectivity index (χ3v) is 4.31. The molecule has 0 radical (unpaired) electrons. The fourth-order valence-electron chi connectivity index (χ4n) is 1.76. The van der Waals surface area contributed by atoms with Crippen molar-refractivity contribution in [1.29, 1.82) is 0 Å². The second-order valence-electron chi connectivity index (χ2n) is 4.46. The molecule has 0 heterocycles. The van der Waals surface area contributed by atoms with Crippen molar-refractivity contribution in [3.63, 3.8) is 0 Å². The molecule has 1 atom stereocenters. The van der Waals surface area contributed by atoms with Crippen LogP contribution in [0.1, 0.15) is 26.2 Å². The first kappa shape index (κ1) is 16.5. The number of carbonyl (C=O) groups excluding carboxylic acids is 1. The molecule has 1 amide bonds. The number of nitrogen functional groups attached to an aromatic ring is 1. The zero-order valence-electron chi connectivity index (χ0n) is 12.0. The number of nitrogens with one attached hydrogen (secondary N) is 1. The number of hydrogen-bond donors (Lipinski definition) is 2. The maximum absolute atomic E-state index is 11.8. The van der Waals surface area contributed by atoms with Crippen molar-refractivity contribution in [2.45, 2.75) is 26.2 Å². The smallest absolute Gasteiger partial charge is 0.224 e. The Hall–Kier alpha value is -1.56. The standard InChI is InChI=1S/C14H22N2O3S/c1-3-8-20(18)9-4-5-14(17)16-12-10-11(15)6-7-13(12)19-2/h6-7,10H,3-5,8-9,15H2,1-2H3,(H,16,17). The number of carbonyl (C=O) groups is 1. The van der Waals surface area contributed by atoms with E-state index in [9.17, 15) is 9.00 Å². The van der Waals surface area contributed by atoms with Crippen molar-refractivity contribution >= 4 is 28.1 Å². The second kappa shape index (κ2) is 8.58. The van der Waals surface area contributed by atoms with E-state index in [1.165, 1.54) is 7.11 Å². The second-order valence-corrected chi connectivity index (χ2v) is 6.16. The first-order chi connectivity index (χ1) is 9.56. The van der Waals surface area contributed by atoms with Crippen LogP contribution >= 0.6 is 0 Å². The molecule has 0 saturated heterocycles. The summed E-state index contributed by atoms with van der Waals surface area (Å²) < 4.78 is 16.6. The third kappa shape index (κ3) is 5.61. The van der Waals surface area contributed by atoms with Crippen molar-refractivity contribution in [1.82, 2.24) is 0 Å². The van der Waals surface area contributed by atoms with Crippen LogP contribution in [0.25, 0.3) is 0 Å². The number of methoxy groups -OCH3 is 1. The highest BCUT2D eigenvalue weighted by atomic mass is 32.2. The summed E-state index contributed by atoms with van der Waals surface area (Å²) in [5, 5.41) is 2.77. The number of benzene rings is 1. The van der Waals surface area contributed by atoms with Crippen molar-refractivity contribution < 1.29 is 13.7 Å². The Morgan fingerprint density at radius 3 is 2.80 bits per heavy atom. The average molecular weight is 298 g/mol. The van der Waals surface area contributed by atoms with Crippen LogP contribution in [0.3, 0.4) is 0 Å². The van der Waals surface area contributed by atoms with E-state index < -0.39 is 10.8 Å². The maximum Gasteiger partial charge on any atom is 0.224 e. The van der Waals surface area contributed by atoms with Gasteiger partial charge in [0.1, 0.15) is 5.75 Å². The highest BCUT2D eigenvalue weighted by molar-refractivity contribution is 7.84. The molecule has 3 N–H and O–H groups in total. The van der Waals surface area contributed by atoms with Gasteiger partial charge in [0.25, 0.3) is 0 Å². The van der Waals surface area contributed by atoms with Gasteiger partial charge in [0.2, 0.25) is 5.91 Å². The molecule has 0 aromatic heterocycles. The molecule has 5 nitrogen and oxygen atoms in total. The van der Waals surface area contributed by atoms with Crippen LogP contribution in [-0.2, 0) is 15.6 Å². The summed E-state index contributed by atoms with van der Waals surface area (Å²) in [6.45, 7) is 2.00. The molecule has 112 valence electrons. The number of ether oxygens (including phenoxy) is 1. The SMILES string of the molecule is CCCS(=O)CCCC(=O)Nc1cc(N)ccc1OC. The Labute approximate surface area is 122 Å². The minimum atomic E-state index is -0.817. The van der Waals surface area contributed by atoms with E-state index in [0.29, 0.717) is 41.5 Å². The lowest BCUT2D eigenvalue weighted by molar-refractivity contribution is -0.116. The van der Waals surface area contributed by atoms with Gasteiger partial charge in [0.05, 0.1) is 12.8 Å². The quantitative estimate of drug-likeness (QED) is 0.721. The van der Waals surface area contributed by atoms with Crippen LogP contribution in [0.4, 0.5) is 11.4 Å². The molecule has 0 aliphatic carbocycles. The van der Waals surface area contributed by atoms with Crippen LogP contribution in [0.2, 0.25) is 0 Å². The molecule has 0 saturated carbocycles. The zero-order valence-corrected chi connectivity index (χ0v) is 12.8. The third-order valence-electron chi connectivity index (χ3n) is 2.71. The molecule has 1 aromatic carbocycles. The van der Waals surface area contributed by atoms with E-state index in [0.717, 1.165) is 6.42 Å². The summed E-state index contributed by atoms with van der Waals surface area (Å²) in [4.78, 5) is 11.8. The van der Waals surface area contributed by atoms with Gasteiger partial charge in [-0.05, 0) is 31.0 Å². The minimum absolute atomic E-state index is 0.123. The lowest BCUT2D eigenvalue weighted by Gasteiger charge is -2.10. The van der Waals surface area contributed by atoms with Gasteiger partial charge in [0, 0.05) is 34.4 Å². The van der Waals surface area contributed by atoms with E-state index in [2.05, 4.69) is 5.32 Å². The number of amides is 1. The number of hydrogen-bond acceptors (Lipinski definition) is 4. The first-order valence-electron chi connectivity index (χ1n) is 6.65. The molecule has 20 heavy (non-hydrogen) atoms. The summed E-state index contributed by atoms with van der Waals surface area (Å²) in [5.74, 6) is 1.71. The van der Waals surface area contributed by atoms with Crippen LogP contribution in [0.15, 0.2) is 18.2 Å². The van der Waals surface area contributed by atoms with Gasteiger partial charge in [-0.1, -0.05) is 6.92 Å². The average Bonchev–Trinajstić information content (AvgIpc) is 2.39. The molecule has 0 fully saturated rings. The van der Waals surface area contributed by atoms with E-state index in [1.54, 1.807) is 18.2 Å². The lowest BCUT2D eigenvalue weighted by atomic mass is 10.2.